The number of fused-ring (bicyclic) bond motifs is 1. The quantitative estimate of drug-likeness (QED) is 0.238. The minimum Gasteiger partial charge on any atom is -0.491 e. The monoisotopic (exact) mass is 594 g/mol. The molecular formula is C33H40ClFN4O3. The minimum atomic E-state index is -0.279. The van der Waals surface area contributed by atoms with Crippen molar-refractivity contribution in [2.45, 2.75) is 64.8 Å². The van der Waals surface area contributed by atoms with Crippen molar-refractivity contribution in [1.29, 1.82) is 0 Å². The zero-order valence-corrected chi connectivity index (χ0v) is 25.1. The number of hydrogen-bond acceptors (Lipinski definition) is 4. The van der Waals surface area contributed by atoms with Crippen LogP contribution in [0.4, 0.5) is 4.39 Å². The number of benzene rings is 3. The molecule has 0 spiro atoms. The molecule has 5 rings (SSSR count). The van der Waals surface area contributed by atoms with Crippen LogP contribution in [0.5, 0.6) is 5.75 Å². The number of aromatic nitrogens is 2. The number of halogens is 2. The van der Waals surface area contributed by atoms with Gasteiger partial charge in [0.2, 0.25) is 5.91 Å². The number of para-hydroxylation sites is 2. The van der Waals surface area contributed by atoms with Crippen molar-refractivity contribution in [3.05, 3.63) is 100 Å². The van der Waals surface area contributed by atoms with E-state index in [0.717, 1.165) is 66.8 Å². The van der Waals surface area contributed by atoms with Crippen LogP contribution in [0.15, 0.2) is 77.6 Å². The largest absolute Gasteiger partial charge is 0.491 e. The molecule has 1 N–H and O–H groups in total. The number of nitrogens with zero attached hydrogens (tertiary/aromatic N) is 3. The van der Waals surface area contributed by atoms with Crippen LogP contribution < -0.4 is 10.4 Å². The van der Waals surface area contributed by atoms with E-state index in [2.05, 4.69) is 9.88 Å². The summed E-state index contributed by atoms with van der Waals surface area (Å²) in [7, 11) is 0. The van der Waals surface area contributed by atoms with Crippen molar-refractivity contribution >= 4 is 29.3 Å². The predicted octanol–water partition coefficient (Wildman–Crippen LogP) is 5.80. The van der Waals surface area contributed by atoms with Gasteiger partial charge in [0.25, 0.3) is 0 Å². The van der Waals surface area contributed by atoms with Crippen molar-refractivity contribution in [1.82, 2.24) is 19.4 Å². The van der Waals surface area contributed by atoms with Gasteiger partial charge >= 0.3 is 5.69 Å². The van der Waals surface area contributed by atoms with Gasteiger partial charge < -0.3 is 19.5 Å². The first kappa shape index (κ1) is 31.3. The summed E-state index contributed by atoms with van der Waals surface area (Å²) in [5, 5.41) is 0. The van der Waals surface area contributed by atoms with Gasteiger partial charge in [0.15, 0.2) is 0 Å². The number of likely N-dealkylation sites (tertiary alicyclic amines) is 1. The molecule has 0 radical (unpaired) electrons. The van der Waals surface area contributed by atoms with E-state index in [1.165, 1.54) is 12.1 Å². The number of hydrogen-bond donors (Lipinski definition) is 1. The van der Waals surface area contributed by atoms with Crippen molar-refractivity contribution in [2.24, 2.45) is 0 Å². The average molecular weight is 595 g/mol. The number of carbonyl (C=O) groups is 1. The van der Waals surface area contributed by atoms with Crippen LogP contribution in [-0.4, -0.2) is 57.0 Å². The molecule has 0 unspecified atom stereocenters. The second-order valence-electron chi connectivity index (χ2n) is 11.2. The summed E-state index contributed by atoms with van der Waals surface area (Å²) in [6.07, 6.45) is 3.03. The lowest BCUT2D eigenvalue weighted by molar-refractivity contribution is -0.134. The number of aryl methyl sites for hydroxylation is 1. The highest BCUT2D eigenvalue weighted by Gasteiger charge is 2.28. The van der Waals surface area contributed by atoms with Gasteiger partial charge in [-0.2, -0.15) is 0 Å². The Labute approximate surface area is 252 Å². The first-order chi connectivity index (χ1) is 19.9. The van der Waals surface area contributed by atoms with Crippen LogP contribution in [0, 0.1) is 5.82 Å². The smallest absolute Gasteiger partial charge is 0.326 e. The third kappa shape index (κ3) is 8.01. The number of piperidine rings is 1. The van der Waals surface area contributed by atoms with Gasteiger partial charge in [0.05, 0.1) is 23.6 Å². The first-order valence-electron chi connectivity index (χ1n) is 14.5. The van der Waals surface area contributed by atoms with E-state index in [-0.39, 0.29) is 42.0 Å². The maximum Gasteiger partial charge on any atom is 0.326 e. The number of H-pyrrole nitrogens is 1. The lowest BCUT2D eigenvalue weighted by Gasteiger charge is -2.39. The second kappa shape index (κ2) is 14.5. The van der Waals surface area contributed by atoms with Crippen LogP contribution in [0.25, 0.3) is 11.0 Å². The van der Waals surface area contributed by atoms with Crippen molar-refractivity contribution in [3.8, 4) is 5.75 Å². The van der Waals surface area contributed by atoms with E-state index in [1.807, 2.05) is 71.8 Å². The Morgan fingerprint density at radius 1 is 0.976 bits per heavy atom. The fourth-order valence-electron chi connectivity index (χ4n) is 5.68. The molecule has 7 nitrogen and oxygen atoms in total. The highest BCUT2D eigenvalue weighted by molar-refractivity contribution is 5.85. The molecule has 0 saturated carbocycles. The molecule has 4 aromatic rings. The predicted molar refractivity (Wildman–Crippen MR) is 167 cm³/mol. The maximum atomic E-state index is 13.6. The summed E-state index contributed by atoms with van der Waals surface area (Å²) in [6.45, 7) is 7.78. The Kier molecular flexibility index (Phi) is 10.8. The third-order valence-electron chi connectivity index (χ3n) is 7.77. The lowest BCUT2D eigenvalue weighted by Crippen LogP contribution is -2.47. The normalized spacial score (nSPS) is 14.2. The van der Waals surface area contributed by atoms with Gasteiger partial charge in [-0.1, -0.05) is 36.4 Å². The van der Waals surface area contributed by atoms with E-state index in [1.54, 1.807) is 12.1 Å². The lowest BCUT2D eigenvalue weighted by atomic mass is 10.0. The molecule has 9 heteroatoms. The van der Waals surface area contributed by atoms with E-state index in [9.17, 15) is 14.0 Å². The maximum absolute atomic E-state index is 13.6. The Balaban J connectivity index is 0.00000405. The molecule has 224 valence electrons. The molecule has 1 aliphatic heterocycles. The SMILES string of the molecule is CC(C)Oc1ccc(CC(=O)N(Cc2ccc(F)cc2)C2CCN(CCCn3c(=O)[nH]c4ccccc43)CC2)cc1.Cl. The molecular weight excluding hydrogens is 555 g/mol. The van der Waals surface area contributed by atoms with Gasteiger partial charge in [0, 0.05) is 32.2 Å². The summed E-state index contributed by atoms with van der Waals surface area (Å²) < 4.78 is 21.1. The van der Waals surface area contributed by atoms with E-state index >= 15 is 0 Å². The first-order valence-corrected chi connectivity index (χ1v) is 14.5. The number of nitrogens with one attached hydrogen (secondary N) is 1. The zero-order chi connectivity index (χ0) is 28.8. The van der Waals surface area contributed by atoms with E-state index < -0.39 is 0 Å². The van der Waals surface area contributed by atoms with Crippen LogP contribution in [0.3, 0.4) is 0 Å². The van der Waals surface area contributed by atoms with Gasteiger partial charge in [-0.15, -0.1) is 12.4 Å². The molecule has 0 atom stereocenters. The zero-order valence-electron chi connectivity index (χ0n) is 24.3. The summed E-state index contributed by atoms with van der Waals surface area (Å²) in [6, 6.07) is 22.0. The van der Waals surface area contributed by atoms with E-state index in [4.69, 9.17) is 4.74 Å². The van der Waals surface area contributed by atoms with Crippen molar-refractivity contribution < 1.29 is 13.9 Å². The van der Waals surface area contributed by atoms with Crippen LogP contribution in [0.2, 0.25) is 0 Å². The van der Waals surface area contributed by atoms with Crippen LogP contribution in [-0.2, 0) is 24.3 Å². The fourth-order valence-corrected chi connectivity index (χ4v) is 5.68. The van der Waals surface area contributed by atoms with Crippen molar-refractivity contribution in [3.63, 3.8) is 0 Å². The Hall–Kier alpha value is -3.62. The average Bonchev–Trinajstić information content (AvgIpc) is 3.28. The van der Waals surface area contributed by atoms with Crippen molar-refractivity contribution in [2.75, 3.05) is 19.6 Å². The molecule has 1 fully saturated rings. The molecule has 1 aliphatic rings. The summed E-state index contributed by atoms with van der Waals surface area (Å²) in [4.78, 5) is 33.4. The summed E-state index contributed by atoms with van der Waals surface area (Å²) >= 11 is 0. The molecule has 1 saturated heterocycles. The topological polar surface area (TPSA) is 70.6 Å². The second-order valence-corrected chi connectivity index (χ2v) is 11.2. The Morgan fingerprint density at radius 2 is 1.64 bits per heavy atom. The summed E-state index contributed by atoms with van der Waals surface area (Å²) in [5.41, 5.74) is 3.60. The third-order valence-corrected chi connectivity index (χ3v) is 7.77. The number of aromatic amines is 1. The standard InChI is InChI=1S/C33H39FN4O3.ClH/c1-24(2)41-29-14-10-25(11-15-29)22-32(39)38(23-26-8-12-27(34)13-9-26)28-16-20-36(21-17-28)18-5-19-37-31-7-4-3-6-30(31)35-33(37)40;/h3-4,6-15,24,28H,5,16-23H2,1-2H3,(H,35,40);1H. The Morgan fingerprint density at radius 3 is 2.33 bits per heavy atom. The molecule has 1 amide bonds. The molecule has 0 aliphatic carbocycles. The summed E-state index contributed by atoms with van der Waals surface area (Å²) in [5.74, 6) is 0.587. The van der Waals surface area contributed by atoms with Gasteiger partial charge in [-0.05, 0) is 87.2 Å². The molecule has 2 heterocycles. The highest BCUT2D eigenvalue weighted by Crippen LogP contribution is 2.22. The molecule has 1 aromatic heterocycles. The van der Waals surface area contributed by atoms with Gasteiger partial charge in [0.1, 0.15) is 11.6 Å². The minimum absolute atomic E-state index is 0. The molecule has 42 heavy (non-hydrogen) atoms. The van der Waals surface area contributed by atoms with E-state index in [0.29, 0.717) is 19.5 Å². The number of rotatable bonds is 11. The number of ether oxygens (including phenoxy) is 1. The van der Waals surface area contributed by atoms with Gasteiger partial charge in [-0.25, -0.2) is 9.18 Å². The molecule has 3 aromatic carbocycles. The number of carbonyl (C=O) groups excluding carboxylic acids is 1. The van der Waals surface area contributed by atoms with Gasteiger partial charge in [-0.3, -0.25) is 9.36 Å². The highest BCUT2D eigenvalue weighted by atomic mass is 35.5. The van der Waals surface area contributed by atoms with Crippen LogP contribution in [0.1, 0.15) is 44.2 Å². The Bertz CT molecular complexity index is 1490. The fraction of sp³-hybridized carbons (Fsp3) is 0.394. The van der Waals surface area contributed by atoms with Crippen LogP contribution >= 0.6 is 12.4 Å². The number of amides is 1. The number of imidazole rings is 1. The molecule has 0 bridgehead atoms.